The Hall–Kier alpha value is -5.24. The van der Waals surface area contributed by atoms with Gasteiger partial charge in [-0.05, 0) is 275 Å². The number of aliphatic imine (C=N–C) groups is 3. The number of aryl methyl sites for hydroxylation is 6. The van der Waals surface area contributed by atoms with Gasteiger partial charge in [0.25, 0.3) is 0 Å². The van der Waals surface area contributed by atoms with Gasteiger partial charge in [0.1, 0.15) is 0 Å². The van der Waals surface area contributed by atoms with Crippen molar-refractivity contribution in [2.45, 2.75) is 99.3 Å². The minimum absolute atomic E-state index is 0.858. The highest BCUT2D eigenvalue weighted by Crippen LogP contribution is 2.49. The van der Waals surface area contributed by atoms with Crippen molar-refractivity contribution in [3.8, 4) is 0 Å². The van der Waals surface area contributed by atoms with Gasteiger partial charge in [-0.1, -0.05) is 34.8 Å². The molecule has 9 aromatic rings. The summed E-state index contributed by atoms with van der Waals surface area (Å²) in [6.45, 7) is 13.3. The molecule has 0 amide bonds. The molecule has 3 aliphatic rings. The molecule has 0 bridgehead atoms. The van der Waals surface area contributed by atoms with E-state index in [1.165, 1.54) is 115 Å². The van der Waals surface area contributed by atoms with Crippen LogP contribution in [0.4, 0.5) is 34.1 Å². The average molecular weight is 1200 g/mol. The van der Waals surface area contributed by atoms with E-state index in [0.29, 0.717) is 0 Å². The smallest absolute Gasteiger partial charge is 0.0937 e. The van der Waals surface area contributed by atoms with Gasteiger partial charge in [-0.15, -0.1) is 68.0 Å². The summed E-state index contributed by atoms with van der Waals surface area (Å²) in [5.74, 6) is 0. The van der Waals surface area contributed by atoms with Crippen LogP contribution in [0.25, 0.3) is 33.4 Å². The molecular formula is C66H57Cl3N4S6. The van der Waals surface area contributed by atoms with Gasteiger partial charge in [0.05, 0.1) is 30.1 Å². The second kappa shape index (κ2) is 23.3. The summed E-state index contributed by atoms with van der Waals surface area (Å²) in [4.78, 5) is 28.6. The second-order valence-electron chi connectivity index (χ2n) is 20.5. The van der Waals surface area contributed by atoms with Crippen molar-refractivity contribution in [3.63, 3.8) is 0 Å². The molecule has 0 fully saturated rings. The maximum atomic E-state index is 6.47. The van der Waals surface area contributed by atoms with E-state index in [4.69, 9.17) is 49.8 Å². The number of hydrogen-bond donors (Lipinski definition) is 0. The van der Waals surface area contributed by atoms with E-state index in [-0.39, 0.29) is 0 Å². The van der Waals surface area contributed by atoms with Crippen molar-refractivity contribution in [2.75, 3.05) is 4.90 Å². The lowest BCUT2D eigenvalue weighted by Gasteiger charge is -2.25. The maximum absolute atomic E-state index is 6.47. The molecule has 0 radical (unpaired) electrons. The number of thiophene rings is 6. The third kappa shape index (κ3) is 11.5. The van der Waals surface area contributed by atoms with Gasteiger partial charge >= 0.3 is 0 Å². The van der Waals surface area contributed by atoms with Gasteiger partial charge in [0, 0.05) is 79.6 Å². The molecule has 13 heteroatoms. The quantitative estimate of drug-likeness (QED) is 0.0943. The molecule has 12 rings (SSSR count). The van der Waals surface area contributed by atoms with Gasteiger partial charge in [0.2, 0.25) is 0 Å². The fraction of sp³-hybridized carbons (Fsp3) is 0.227. The Labute approximate surface area is 503 Å². The summed E-state index contributed by atoms with van der Waals surface area (Å²) in [7, 11) is 0. The SMILES string of the molecule is Cc1sc(Cl)cc1C1=C(c2cc(C=Nc3ccc(N(c4ccc(N=Cc5cc(C6=C(c7cc(Cl)sc7C)CCC6)c(C)s5)cc4)c4ccc(N=Cc5cc(C6=C(c7cc(Cl)sc7C)CCC6)c(C)s5)cc4)cc3)sc2C)CCC1. The Balaban J connectivity index is 0.806. The predicted octanol–water partition coefficient (Wildman–Crippen LogP) is 23.9. The van der Waals surface area contributed by atoms with Gasteiger partial charge in [0.15, 0.2) is 0 Å². The minimum atomic E-state index is 0.858. The van der Waals surface area contributed by atoms with Gasteiger partial charge < -0.3 is 4.90 Å². The summed E-state index contributed by atoms with van der Waals surface area (Å²) in [5, 5.41) is 0. The van der Waals surface area contributed by atoms with Crippen molar-refractivity contribution < 1.29 is 0 Å². The first kappa shape index (κ1) is 54.4. The first-order valence-electron chi connectivity index (χ1n) is 26.8. The summed E-state index contributed by atoms with van der Waals surface area (Å²) in [6.07, 6.45) is 16.1. The highest BCUT2D eigenvalue weighted by molar-refractivity contribution is 7.17. The van der Waals surface area contributed by atoms with Crippen LogP contribution in [0, 0.1) is 41.5 Å². The van der Waals surface area contributed by atoms with Gasteiger partial charge in [-0.3, -0.25) is 15.0 Å². The Bertz CT molecular complexity index is 3560. The average Bonchev–Trinajstić information content (AvgIpc) is 4.46. The number of halogens is 3. The molecular weight excluding hydrogens is 1150 g/mol. The van der Waals surface area contributed by atoms with Gasteiger partial charge in [-0.25, -0.2) is 0 Å². The van der Waals surface area contributed by atoms with Crippen LogP contribution in [0.15, 0.2) is 124 Å². The number of benzene rings is 3. The van der Waals surface area contributed by atoms with E-state index in [1.54, 1.807) is 68.0 Å². The summed E-state index contributed by atoms with van der Waals surface area (Å²) in [5.41, 5.74) is 22.4. The lowest BCUT2D eigenvalue weighted by molar-refractivity contribution is 0.941. The summed E-state index contributed by atoms with van der Waals surface area (Å²) >= 11 is 29.8. The van der Waals surface area contributed by atoms with Gasteiger partial charge in [-0.2, -0.15) is 0 Å². The van der Waals surface area contributed by atoms with E-state index < -0.39 is 0 Å². The molecule has 79 heavy (non-hydrogen) atoms. The predicted molar refractivity (Wildman–Crippen MR) is 354 cm³/mol. The Morgan fingerprint density at radius 1 is 0.329 bits per heavy atom. The van der Waals surface area contributed by atoms with Crippen LogP contribution >= 0.6 is 103 Å². The maximum Gasteiger partial charge on any atom is 0.0937 e. The fourth-order valence-corrected chi connectivity index (χ4v) is 18.2. The number of nitrogens with zero attached hydrogens (tertiary/aromatic N) is 4. The first-order chi connectivity index (χ1) is 38.3. The first-order valence-corrected chi connectivity index (χ1v) is 32.8. The van der Waals surface area contributed by atoms with E-state index >= 15 is 0 Å². The van der Waals surface area contributed by atoms with Crippen molar-refractivity contribution in [2.24, 2.45) is 15.0 Å². The molecule has 0 saturated heterocycles. The molecule has 0 unspecified atom stereocenters. The topological polar surface area (TPSA) is 40.3 Å². The van der Waals surface area contributed by atoms with Crippen LogP contribution in [-0.4, -0.2) is 18.6 Å². The lowest BCUT2D eigenvalue weighted by atomic mass is 9.98. The van der Waals surface area contributed by atoms with Crippen LogP contribution < -0.4 is 4.90 Å². The second-order valence-corrected chi connectivity index (χ2v) is 30.0. The Morgan fingerprint density at radius 2 is 0.557 bits per heavy atom. The van der Waals surface area contributed by atoms with E-state index in [0.717, 1.165) is 100 Å². The third-order valence-corrected chi connectivity index (χ3v) is 21.9. The number of allylic oxidation sites excluding steroid dienone is 6. The highest BCUT2D eigenvalue weighted by atomic mass is 35.5. The number of rotatable bonds is 15. The van der Waals surface area contributed by atoms with Crippen LogP contribution in [0.2, 0.25) is 13.0 Å². The Morgan fingerprint density at radius 3 is 0.785 bits per heavy atom. The third-order valence-electron chi connectivity index (χ3n) is 15.4. The molecule has 6 aromatic heterocycles. The zero-order chi connectivity index (χ0) is 54.5. The molecule has 0 aliphatic heterocycles. The van der Waals surface area contributed by atoms with Crippen LogP contribution in [0.5, 0.6) is 0 Å². The summed E-state index contributed by atoms with van der Waals surface area (Å²) in [6, 6.07) is 39.0. The molecule has 3 aromatic carbocycles. The molecule has 0 atom stereocenters. The minimum Gasteiger partial charge on any atom is -0.310 e. The standard InChI is InChI=1S/C66H57Cl3N4S6/c1-37-58(52-10-7-13-55(52)61-31-64(67)77-40(61)4)28-49(74-37)34-70-43-16-22-46(23-17-43)73(47-24-18-44(19-25-47)71-35-50-29-59(38(2)75-50)53-11-8-14-56(53)62-32-65(68)78-41(62)5)48-26-20-45(21-27-48)72-36-51-30-60(39(3)76-51)54-12-9-15-57(54)63-33-66(69)79-42(63)6/h16-36H,7-15H2,1-6H3. The van der Waals surface area contributed by atoms with E-state index in [1.807, 2.05) is 18.6 Å². The van der Waals surface area contributed by atoms with Crippen molar-refractivity contribution >= 4 is 189 Å². The normalized spacial score (nSPS) is 15.2. The number of hydrogen-bond acceptors (Lipinski definition) is 10. The molecule has 0 N–H and O–H groups in total. The summed E-state index contributed by atoms with van der Waals surface area (Å²) < 4.78 is 2.57. The lowest BCUT2D eigenvalue weighted by Crippen LogP contribution is -2.09. The largest absolute Gasteiger partial charge is 0.310 e. The zero-order valence-corrected chi connectivity index (χ0v) is 52.0. The Kier molecular flexibility index (Phi) is 16.0. The van der Waals surface area contributed by atoms with Crippen molar-refractivity contribution in [1.29, 1.82) is 0 Å². The molecule has 4 nitrogen and oxygen atoms in total. The van der Waals surface area contributed by atoms with E-state index in [9.17, 15) is 0 Å². The zero-order valence-electron chi connectivity index (χ0n) is 44.9. The molecule has 6 heterocycles. The van der Waals surface area contributed by atoms with Crippen LogP contribution in [-0.2, 0) is 0 Å². The fourth-order valence-electron chi connectivity index (χ4n) is 11.8. The highest BCUT2D eigenvalue weighted by Gasteiger charge is 2.26. The van der Waals surface area contributed by atoms with Crippen molar-refractivity contribution in [3.05, 3.63) is 199 Å². The molecule has 3 aliphatic carbocycles. The van der Waals surface area contributed by atoms with Crippen molar-refractivity contribution in [1.82, 2.24) is 0 Å². The molecule has 0 spiro atoms. The van der Waals surface area contributed by atoms with E-state index in [2.05, 4.69) is 156 Å². The molecule has 0 saturated carbocycles. The van der Waals surface area contributed by atoms with Crippen LogP contribution in [0.1, 0.15) is 135 Å². The van der Waals surface area contributed by atoms with Crippen LogP contribution in [0.3, 0.4) is 0 Å². The monoisotopic (exact) mass is 1200 g/mol. The number of anilines is 3. The molecule has 398 valence electrons.